The zero-order valence-corrected chi connectivity index (χ0v) is 16.3. The standard InChI is InChI=1S/C22H22FNO2S/c1-3-7-17-10-18(12-19(23)11-17)20-13-24(2)14-21(22(20)25)27(26)15-16-8-5-4-6-9-16/h4-6,8-14H,3,7,15H2,1-2H3. The molecule has 1 atom stereocenters. The van der Waals surface area contributed by atoms with Gasteiger partial charge in [0.25, 0.3) is 0 Å². The van der Waals surface area contributed by atoms with Gasteiger partial charge in [-0.3, -0.25) is 9.00 Å². The summed E-state index contributed by atoms with van der Waals surface area (Å²) in [7, 11) is 0.295. The molecule has 0 aliphatic rings. The fourth-order valence-corrected chi connectivity index (χ4v) is 4.34. The fraction of sp³-hybridized carbons (Fsp3) is 0.227. The summed E-state index contributed by atoms with van der Waals surface area (Å²) in [6.07, 6.45) is 4.89. The van der Waals surface area contributed by atoms with Crippen molar-refractivity contribution < 1.29 is 8.60 Å². The van der Waals surface area contributed by atoms with E-state index in [4.69, 9.17) is 0 Å². The molecule has 0 radical (unpaired) electrons. The van der Waals surface area contributed by atoms with Crippen molar-refractivity contribution in [2.24, 2.45) is 7.05 Å². The van der Waals surface area contributed by atoms with E-state index in [-0.39, 0.29) is 21.9 Å². The van der Waals surface area contributed by atoms with Gasteiger partial charge in [-0.1, -0.05) is 49.7 Å². The van der Waals surface area contributed by atoms with Gasteiger partial charge in [0.1, 0.15) is 10.7 Å². The quantitative estimate of drug-likeness (QED) is 0.631. The minimum atomic E-state index is -1.48. The Morgan fingerprint density at radius 3 is 2.48 bits per heavy atom. The molecule has 0 fully saturated rings. The van der Waals surface area contributed by atoms with Crippen LogP contribution in [0.5, 0.6) is 0 Å². The van der Waals surface area contributed by atoms with Gasteiger partial charge >= 0.3 is 0 Å². The van der Waals surface area contributed by atoms with Crippen LogP contribution in [0.15, 0.2) is 70.6 Å². The third-order valence-electron chi connectivity index (χ3n) is 4.32. The van der Waals surface area contributed by atoms with E-state index in [9.17, 15) is 13.4 Å². The van der Waals surface area contributed by atoms with E-state index in [0.29, 0.717) is 11.1 Å². The lowest BCUT2D eigenvalue weighted by atomic mass is 10.0. The van der Waals surface area contributed by atoms with E-state index in [1.54, 1.807) is 24.0 Å². The first-order valence-electron chi connectivity index (χ1n) is 8.90. The minimum absolute atomic E-state index is 0.236. The van der Waals surface area contributed by atoms with Gasteiger partial charge in [0.05, 0.1) is 16.6 Å². The van der Waals surface area contributed by atoms with Gasteiger partial charge in [-0.25, -0.2) is 4.39 Å². The Hall–Kier alpha value is -2.53. The molecule has 3 nitrogen and oxygen atoms in total. The normalized spacial score (nSPS) is 12.1. The molecule has 1 aromatic heterocycles. The average Bonchev–Trinajstić information content (AvgIpc) is 2.64. The Balaban J connectivity index is 2.04. The second-order valence-corrected chi connectivity index (χ2v) is 8.02. The highest BCUT2D eigenvalue weighted by Gasteiger charge is 2.16. The van der Waals surface area contributed by atoms with Crippen LogP contribution in [0.25, 0.3) is 11.1 Å². The van der Waals surface area contributed by atoms with Gasteiger partial charge in [0.15, 0.2) is 0 Å². The highest BCUT2D eigenvalue weighted by molar-refractivity contribution is 7.84. The molecule has 1 unspecified atom stereocenters. The summed E-state index contributed by atoms with van der Waals surface area (Å²) >= 11 is 0. The van der Waals surface area contributed by atoms with Crippen molar-refractivity contribution in [2.75, 3.05) is 0 Å². The Morgan fingerprint density at radius 1 is 1.04 bits per heavy atom. The van der Waals surface area contributed by atoms with E-state index in [2.05, 4.69) is 0 Å². The van der Waals surface area contributed by atoms with E-state index in [1.807, 2.05) is 43.3 Å². The molecule has 0 amide bonds. The van der Waals surface area contributed by atoms with Crippen LogP contribution in [0.4, 0.5) is 4.39 Å². The molecule has 0 saturated heterocycles. The first-order valence-corrected chi connectivity index (χ1v) is 10.2. The number of aromatic nitrogens is 1. The predicted octanol–water partition coefficient (Wildman–Crippen LogP) is 4.45. The largest absolute Gasteiger partial charge is 0.355 e. The Morgan fingerprint density at radius 2 is 1.78 bits per heavy atom. The first kappa shape index (κ1) is 19.2. The Bertz CT molecular complexity index is 1030. The molecule has 2 aromatic carbocycles. The van der Waals surface area contributed by atoms with E-state index < -0.39 is 10.8 Å². The molecule has 27 heavy (non-hydrogen) atoms. The number of pyridine rings is 1. The molecule has 3 rings (SSSR count). The zero-order chi connectivity index (χ0) is 19.4. The maximum atomic E-state index is 14.0. The maximum absolute atomic E-state index is 14.0. The topological polar surface area (TPSA) is 39.1 Å². The molecule has 5 heteroatoms. The lowest BCUT2D eigenvalue weighted by molar-refractivity contribution is 0.625. The fourth-order valence-electron chi connectivity index (χ4n) is 3.09. The van der Waals surface area contributed by atoms with Crippen molar-refractivity contribution in [2.45, 2.75) is 30.4 Å². The number of hydrogen-bond acceptors (Lipinski definition) is 2. The SMILES string of the molecule is CCCc1cc(F)cc(-c2cn(C)cc(S(=O)Cc3ccccc3)c2=O)c1. The lowest BCUT2D eigenvalue weighted by Crippen LogP contribution is -2.17. The van der Waals surface area contributed by atoms with Crippen LogP contribution in [-0.2, 0) is 30.0 Å². The number of nitrogens with zero attached hydrogens (tertiary/aromatic N) is 1. The van der Waals surface area contributed by atoms with Gasteiger partial charge in [-0.2, -0.15) is 0 Å². The second kappa shape index (κ2) is 8.44. The average molecular weight is 383 g/mol. The third-order valence-corrected chi connectivity index (χ3v) is 5.69. The van der Waals surface area contributed by atoms with Gasteiger partial charge in [0, 0.05) is 25.0 Å². The molecule has 0 N–H and O–H groups in total. The summed E-state index contributed by atoms with van der Waals surface area (Å²) < 4.78 is 28.6. The number of rotatable bonds is 6. The van der Waals surface area contributed by atoms with Crippen molar-refractivity contribution in [3.05, 3.63) is 88.1 Å². The van der Waals surface area contributed by atoms with Crippen LogP contribution in [0, 0.1) is 5.82 Å². The predicted molar refractivity (Wildman–Crippen MR) is 108 cm³/mol. The summed E-state index contributed by atoms with van der Waals surface area (Å²) in [5, 5.41) is 0. The smallest absolute Gasteiger partial charge is 0.205 e. The van der Waals surface area contributed by atoms with Crippen LogP contribution in [0.2, 0.25) is 0 Å². The summed E-state index contributed by atoms with van der Waals surface area (Å²) in [6.45, 7) is 2.02. The summed E-state index contributed by atoms with van der Waals surface area (Å²) in [5.74, 6) is -0.0992. The third kappa shape index (κ3) is 4.61. The number of hydrogen-bond donors (Lipinski definition) is 0. The van der Waals surface area contributed by atoms with Crippen molar-refractivity contribution in [1.29, 1.82) is 0 Å². The van der Waals surface area contributed by atoms with Crippen LogP contribution >= 0.6 is 0 Å². The molecular formula is C22H22FNO2S. The second-order valence-electron chi connectivity index (χ2n) is 6.60. The first-order chi connectivity index (χ1) is 13.0. The van der Waals surface area contributed by atoms with Crippen molar-refractivity contribution in [1.82, 2.24) is 4.57 Å². The van der Waals surface area contributed by atoms with Gasteiger partial charge in [-0.05, 0) is 35.2 Å². The molecule has 0 aliphatic carbocycles. The molecule has 0 spiro atoms. The van der Waals surface area contributed by atoms with Gasteiger partial charge < -0.3 is 4.57 Å². The summed E-state index contributed by atoms with van der Waals surface area (Å²) in [6, 6.07) is 14.1. The lowest BCUT2D eigenvalue weighted by Gasteiger charge is -2.10. The van der Waals surface area contributed by atoms with Crippen molar-refractivity contribution in [3.8, 4) is 11.1 Å². The minimum Gasteiger partial charge on any atom is -0.355 e. The van der Waals surface area contributed by atoms with Gasteiger partial charge in [0.2, 0.25) is 5.43 Å². The molecule has 3 aromatic rings. The molecular weight excluding hydrogens is 361 g/mol. The zero-order valence-electron chi connectivity index (χ0n) is 15.4. The Kier molecular flexibility index (Phi) is 6.01. The van der Waals surface area contributed by atoms with Crippen molar-refractivity contribution in [3.63, 3.8) is 0 Å². The highest BCUT2D eigenvalue weighted by atomic mass is 32.2. The van der Waals surface area contributed by atoms with Crippen LogP contribution in [-0.4, -0.2) is 8.78 Å². The van der Waals surface area contributed by atoms with E-state index in [1.165, 1.54) is 12.1 Å². The maximum Gasteiger partial charge on any atom is 0.205 e. The number of halogens is 1. The molecule has 0 aliphatic heterocycles. The summed E-state index contributed by atoms with van der Waals surface area (Å²) in [4.78, 5) is 13.2. The molecule has 0 saturated carbocycles. The summed E-state index contributed by atoms with van der Waals surface area (Å²) in [5.41, 5.74) is 2.34. The number of aryl methyl sites for hydroxylation is 2. The number of benzene rings is 2. The highest BCUT2D eigenvalue weighted by Crippen LogP contribution is 2.21. The van der Waals surface area contributed by atoms with Crippen LogP contribution in [0.1, 0.15) is 24.5 Å². The Labute approximate surface area is 161 Å². The van der Waals surface area contributed by atoms with Crippen molar-refractivity contribution >= 4 is 10.8 Å². The molecule has 1 heterocycles. The molecule has 0 bridgehead atoms. The van der Waals surface area contributed by atoms with E-state index in [0.717, 1.165) is 24.0 Å². The van der Waals surface area contributed by atoms with Crippen LogP contribution < -0.4 is 5.43 Å². The van der Waals surface area contributed by atoms with Gasteiger partial charge in [-0.15, -0.1) is 0 Å². The van der Waals surface area contributed by atoms with E-state index >= 15 is 0 Å². The molecule has 140 valence electrons. The van der Waals surface area contributed by atoms with Crippen LogP contribution in [0.3, 0.4) is 0 Å². The monoisotopic (exact) mass is 383 g/mol.